The highest BCUT2D eigenvalue weighted by Gasteiger charge is 2.32. The molecule has 0 aromatic heterocycles. The first kappa shape index (κ1) is 16.0. The van der Waals surface area contributed by atoms with Gasteiger partial charge < -0.3 is 5.32 Å². The average Bonchev–Trinajstić information content (AvgIpc) is 2.40. The Labute approximate surface area is 130 Å². The fourth-order valence-electron chi connectivity index (χ4n) is 3.27. The molecule has 1 aromatic rings. The molecule has 1 nitrogen and oxygen atoms in total. The zero-order valence-electron chi connectivity index (χ0n) is 12.7. The molecule has 112 valence electrons. The van der Waals surface area contributed by atoms with Crippen LogP contribution in [0.1, 0.15) is 58.1 Å². The van der Waals surface area contributed by atoms with Crippen molar-refractivity contribution in [3.63, 3.8) is 0 Å². The summed E-state index contributed by atoms with van der Waals surface area (Å²) >= 11 is 3.30. The van der Waals surface area contributed by atoms with Gasteiger partial charge in [-0.05, 0) is 65.6 Å². The Hall–Kier alpha value is -0.410. The lowest BCUT2D eigenvalue weighted by Crippen LogP contribution is -2.33. The van der Waals surface area contributed by atoms with E-state index >= 15 is 0 Å². The molecule has 0 aliphatic heterocycles. The highest BCUT2D eigenvalue weighted by Crippen LogP contribution is 2.43. The van der Waals surface area contributed by atoms with Crippen LogP contribution in [-0.2, 0) is 0 Å². The summed E-state index contributed by atoms with van der Waals surface area (Å²) in [6, 6.07) is 5.76. The summed E-state index contributed by atoms with van der Waals surface area (Å²) in [5.41, 5.74) is 1.26. The second-order valence-corrected chi connectivity index (χ2v) is 7.53. The second kappa shape index (κ2) is 6.57. The molecular formula is C17H25BrFN. The topological polar surface area (TPSA) is 12.0 Å². The van der Waals surface area contributed by atoms with Gasteiger partial charge in [0, 0.05) is 11.6 Å². The molecule has 1 N–H and O–H groups in total. The standard InChI is InChI=1S/C17H25BrFN/c1-4-20-16(12-8-10-17(2,3)11-9-12)13-6-5-7-14(18)15(13)19/h5-7,12,16,20H,4,8-11H2,1-3H3. The van der Waals surface area contributed by atoms with Gasteiger partial charge in [0.1, 0.15) is 5.82 Å². The first-order valence-corrected chi connectivity index (χ1v) is 8.41. The van der Waals surface area contributed by atoms with Crippen molar-refractivity contribution in [3.05, 3.63) is 34.1 Å². The third kappa shape index (κ3) is 3.62. The lowest BCUT2D eigenvalue weighted by atomic mass is 9.70. The van der Waals surface area contributed by atoms with E-state index in [1.807, 2.05) is 12.1 Å². The Morgan fingerprint density at radius 2 is 2.00 bits per heavy atom. The van der Waals surface area contributed by atoms with Gasteiger partial charge in [0.15, 0.2) is 0 Å². The maximum absolute atomic E-state index is 14.4. The van der Waals surface area contributed by atoms with Gasteiger partial charge in [0.2, 0.25) is 0 Å². The third-order valence-corrected chi connectivity index (χ3v) is 5.21. The highest BCUT2D eigenvalue weighted by molar-refractivity contribution is 9.10. The molecule has 2 rings (SSSR count). The van der Waals surface area contributed by atoms with Gasteiger partial charge >= 0.3 is 0 Å². The SMILES string of the molecule is CCNC(c1cccc(Br)c1F)C1CCC(C)(C)CC1. The molecule has 0 bridgehead atoms. The molecule has 0 radical (unpaired) electrons. The number of rotatable bonds is 4. The first-order valence-electron chi connectivity index (χ1n) is 7.62. The Kier molecular flexibility index (Phi) is 5.25. The van der Waals surface area contributed by atoms with E-state index in [0.29, 0.717) is 15.8 Å². The predicted octanol–water partition coefficient (Wildman–Crippen LogP) is 5.46. The Bertz CT molecular complexity index is 448. The Balaban J connectivity index is 2.21. The molecule has 1 aliphatic rings. The number of hydrogen-bond acceptors (Lipinski definition) is 1. The lowest BCUT2D eigenvalue weighted by Gasteiger charge is -2.38. The second-order valence-electron chi connectivity index (χ2n) is 6.68. The molecule has 0 heterocycles. The van der Waals surface area contributed by atoms with Crippen molar-refractivity contribution < 1.29 is 4.39 Å². The minimum atomic E-state index is -0.108. The zero-order chi connectivity index (χ0) is 14.8. The van der Waals surface area contributed by atoms with Crippen molar-refractivity contribution in [1.29, 1.82) is 0 Å². The lowest BCUT2D eigenvalue weighted by molar-refractivity contribution is 0.160. The van der Waals surface area contributed by atoms with Crippen LogP contribution in [-0.4, -0.2) is 6.54 Å². The van der Waals surface area contributed by atoms with Gasteiger partial charge in [-0.2, -0.15) is 0 Å². The number of hydrogen-bond donors (Lipinski definition) is 1. The van der Waals surface area contributed by atoms with Gasteiger partial charge in [-0.3, -0.25) is 0 Å². The maximum Gasteiger partial charge on any atom is 0.142 e. The summed E-state index contributed by atoms with van der Waals surface area (Å²) in [6.07, 6.45) is 4.82. The van der Waals surface area contributed by atoms with E-state index in [1.54, 1.807) is 6.07 Å². The molecule has 1 saturated carbocycles. The fourth-order valence-corrected chi connectivity index (χ4v) is 3.65. The van der Waals surface area contributed by atoms with E-state index in [9.17, 15) is 4.39 Å². The van der Waals surface area contributed by atoms with Gasteiger partial charge in [0.25, 0.3) is 0 Å². The first-order chi connectivity index (χ1) is 9.44. The van der Waals surface area contributed by atoms with E-state index < -0.39 is 0 Å². The van der Waals surface area contributed by atoms with Crippen LogP contribution in [0, 0.1) is 17.2 Å². The predicted molar refractivity (Wildman–Crippen MR) is 86.3 cm³/mol. The van der Waals surface area contributed by atoms with E-state index in [-0.39, 0.29) is 11.9 Å². The summed E-state index contributed by atoms with van der Waals surface area (Å²) in [7, 11) is 0. The Morgan fingerprint density at radius 3 is 2.60 bits per heavy atom. The largest absolute Gasteiger partial charge is 0.310 e. The van der Waals surface area contributed by atoms with Gasteiger partial charge in [0.05, 0.1) is 4.47 Å². The van der Waals surface area contributed by atoms with E-state index in [4.69, 9.17) is 0 Å². The highest BCUT2D eigenvalue weighted by atomic mass is 79.9. The van der Waals surface area contributed by atoms with E-state index in [0.717, 1.165) is 12.1 Å². The molecule has 1 fully saturated rings. The number of benzene rings is 1. The van der Waals surface area contributed by atoms with Crippen molar-refractivity contribution in [2.45, 2.75) is 52.5 Å². The van der Waals surface area contributed by atoms with Crippen molar-refractivity contribution in [2.75, 3.05) is 6.54 Å². The number of nitrogens with one attached hydrogen (secondary N) is 1. The minimum absolute atomic E-state index is 0.108. The summed E-state index contributed by atoms with van der Waals surface area (Å²) in [5, 5.41) is 3.50. The van der Waals surface area contributed by atoms with Crippen molar-refractivity contribution >= 4 is 15.9 Å². The maximum atomic E-state index is 14.4. The molecule has 0 amide bonds. The molecule has 3 heteroatoms. The van der Waals surface area contributed by atoms with Crippen LogP contribution in [0.25, 0.3) is 0 Å². The molecular weight excluding hydrogens is 317 g/mol. The van der Waals surface area contributed by atoms with Crippen molar-refractivity contribution in [1.82, 2.24) is 5.32 Å². The van der Waals surface area contributed by atoms with Crippen molar-refractivity contribution in [3.8, 4) is 0 Å². The van der Waals surface area contributed by atoms with Crippen LogP contribution in [0.5, 0.6) is 0 Å². The number of halogens is 2. The quantitative estimate of drug-likeness (QED) is 0.767. The van der Waals surface area contributed by atoms with E-state index in [2.05, 4.69) is 42.0 Å². The van der Waals surface area contributed by atoms with Gasteiger partial charge in [-0.15, -0.1) is 0 Å². The normalized spacial score (nSPS) is 20.9. The minimum Gasteiger partial charge on any atom is -0.310 e. The van der Waals surface area contributed by atoms with Crippen LogP contribution in [0.2, 0.25) is 0 Å². The molecule has 1 unspecified atom stereocenters. The molecule has 20 heavy (non-hydrogen) atoms. The van der Waals surface area contributed by atoms with Crippen LogP contribution in [0.3, 0.4) is 0 Å². The summed E-state index contributed by atoms with van der Waals surface area (Å²) in [4.78, 5) is 0. The molecule has 1 atom stereocenters. The van der Waals surface area contributed by atoms with Crippen LogP contribution in [0.4, 0.5) is 4.39 Å². The van der Waals surface area contributed by atoms with Gasteiger partial charge in [-0.25, -0.2) is 4.39 Å². The summed E-state index contributed by atoms with van der Waals surface area (Å²) in [5.74, 6) is 0.426. The average molecular weight is 342 g/mol. The molecule has 0 saturated heterocycles. The smallest absolute Gasteiger partial charge is 0.142 e. The third-order valence-electron chi connectivity index (χ3n) is 4.60. The van der Waals surface area contributed by atoms with E-state index in [1.165, 1.54) is 25.7 Å². The summed E-state index contributed by atoms with van der Waals surface area (Å²) in [6.45, 7) is 7.64. The van der Waals surface area contributed by atoms with Gasteiger partial charge in [-0.1, -0.05) is 32.9 Å². The molecule has 1 aromatic carbocycles. The van der Waals surface area contributed by atoms with Crippen molar-refractivity contribution in [2.24, 2.45) is 11.3 Å². The molecule has 1 aliphatic carbocycles. The van der Waals surface area contributed by atoms with Crippen LogP contribution in [0.15, 0.2) is 22.7 Å². The van der Waals surface area contributed by atoms with Crippen LogP contribution >= 0.6 is 15.9 Å². The molecule has 0 spiro atoms. The Morgan fingerprint density at radius 1 is 1.35 bits per heavy atom. The zero-order valence-corrected chi connectivity index (χ0v) is 14.3. The summed E-state index contributed by atoms with van der Waals surface area (Å²) < 4.78 is 15.0. The fraction of sp³-hybridized carbons (Fsp3) is 0.647. The monoisotopic (exact) mass is 341 g/mol. The van der Waals surface area contributed by atoms with Crippen LogP contribution < -0.4 is 5.32 Å².